The van der Waals surface area contributed by atoms with E-state index < -0.39 is 18.0 Å². The molecule has 0 bridgehead atoms. The first-order valence-electron chi connectivity index (χ1n) is 12.4. The van der Waals surface area contributed by atoms with Crippen molar-refractivity contribution in [2.24, 2.45) is 16.5 Å². The van der Waals surface area contributed by atoms with Crippen LogP contribution in [0.3, 0.4) is 0 Å². The molecule has 2 aromatic rings. The fraction of sp³-hybridized carbons (Fsp3) is 0.440. The normalized spacial score (nSPS) is 19.4. The van der Waals surface area contributed by atoms with E-state index in [0.717, 1.165) is 0 Å². The zero-order chi connectivity index (χ0) is 27.1. The van der Waals surface area contributed by atoms with Gasteiger partial charge in [-0.05, 0) is 37.8 Å². The van der Waals surface area contributed by atoms with Crippen molar-refractivity contribution in [3.8, 4) is 5.75 Å². The molecule has 0 spiro atoms. The molecule has 3 heterocycles. The minimum Gasteiger partial charge on any atom is -0.484 e. The maximum Gasteiger partial charge on any atom is 0.261 e. The average Bonchev–Trinajstić information content (AvgIpc) is 3.60. The van der Waals surface area contributed by atoms with Gasteiger partial charge in [0.1, 0.15) is 11.8 Å². The summed E-state index contributed by atoms with van der Waals surface area (Å²) in [6.45, 7) is 0.339. The highest BCUT2D eigenvalue weighted by Crippen LogP contribution is 2.29. The molecule has 2 aliphatic rings. The van der Waals surface area contributed by atoms with Crippen LogP contribution in [0.4, 0.5) is 0 Å². The summed E-state index contributed by atoms with van der Waals surface area (Å²) in [5, 5.41) is 4.82. The molecule has 3 atom stereocenters. The van der Waals surface area contributed by atoms with Crippen molar-refractivity contribution in [3.63, 3.8) is 0 Å². The highest BCUT2D eigenvalue weighted by Gasteiger charge is 2.46. The van der Waals surface area contributed by atoms with E-state index in [0.29, 0.717) is 49.5 Å². The maximum atomic E-state index is 13.3. The number of benzene rings is 1. The van der Waals surface area contributed by atoms with Crippen molar-refractivity contribution >= 4 is 40.8 Å². The molecule has 1 unspecified atom stereocenters. The summed E-state index contributed by atoms with van der Waals surface area (Å²) in [5.41, 5.74) is 10.7. The number of para-hydroxylation sites is 1. The Morgan fingerprint density at radius 3 is 2.71 bits per heavy atom. The van der Waals surface area contributed by atoms with Crippen LogP contribution in [-0.2, 0) is 14.4 Å². The van der Waals surface area contributed by atoms with E-state index in [-0.39, 0.29) is 42.8 Å². The van der Waals surface area contributed by atoms with Gasteiger partial charge >= 0.3 is 0 Å². The molecule has 0 aliphatic carbocycles. The number of ether oxygens (including phenoxy) is 1. The molecule has 13 heteroatoms. The highest BCUT2D eigenvalue weighted by molar-refractivity contribution is 7.11. The number of nitrogens with one attached hydrogen (secondary N) is 1. The van der Waals surface area contributed by atoms with E-state index in [4.69, 9.17) is 16.2 Å². The van der Waals surface area contributed by atoms with E-state index in [2.05, 4.69) is 15.3 Å². The van der Waals surface area contributed by atoms with Crippen molar-refractivity contribution in [2.45, 2.75) is 43.8 Å². The minimum atomic E-state index is -0.824. The molecule has 0 radical (unpaired) electrons. The SMILES string of the molecule is NC(N)=NCCCC(NC(=O)[C@@H]1CC[C@H]2CN(C(=O)COc3ccccc3)CC(=O)N21)C(=O)c1nccs1. The van der Waals surface area contributed by atoms with Crippen molar-refractivity contribution in [2.75, 3.05) is 26.2 Å². The third kappa shape index (κ3) is 6.65. The van der Waals surface area contributed by atoms with Gasteiger partial charge in [0, 0.05) is 24.7 Å². The van der Waals surface area contributed by atoms with Crippen molar-refractivity contribution in [1.82, 2.24) is 20.1 Å². The lowest BCUT2D eigenvalue weighted by Gasteiger charge is -2.39. The number of carbonyl (C=O) groups is 4. The monoisotopic (exact) mass is 541 g/mol. The Kier molecular flexibility index (Phi) is 8.89. The van der Waals surface area contributed by atoms with Crippen LogP contribution in [0.2, 0.25) is 0 Å². The average molecular weight is 542 g/mol. The standard InChI is InChI=1S/C25H31N7O5S/c26-25(27)29-10-4-7-18(22(35)24-28-11-12-38-24)30-23(36)19-9-8-16-13-31(14-20(33)32(16)19)21(34)15-37-17-5-2-1-3-6-17/h1-3,5-6,11-12,16,18-19H,4,7-10,13-15H2,(H,30,36)(H4,26,27,29)/t16-,18?,19-/m0/s1. The van der Waals surface area contributed by atoms with Crippen LogP contribution >= 0.6 is 11.3 Å². The number of rotatable bonds is 11. The van der Waals surface area contributed by atoms with Gasteiger partial charge in [-0.2, -0.15) is 0 Å². The number of aromatic nitrogens is 1. The zero-order valence-electron chi connectivity index (χ0n) is 20.8. The largest absolute Gasteiger partial charge is 0.484 e. The number of Topliss-reactive ketones (excluding diaryl/α,β-unsaturated/α-hetero) is 1. The van der Waals surface area contributed by atoms with E-state index in [1.165, 1.54) is 22.4 Å². The number of thiazole rings is 1. The van der Waals surface area contributed by atoms with Crippen LogP contribution in [0.15, 0.2) is 46.9 Å². The third-order valence-electron chi connectivity index (χ3n) is 6.53. The first-order chi connectivity index (χ1) is 18.3. The van der Waals surface area contributed by atoms with Crippen LogP contribution in [0.1, 0.15) is 35.5 Å². The second-order valence-corrected chi connectivity index (χ2v) is 10.0. The number of hydrogen-bond acceptors (Lipinski definition) is 8. The van der Waals surface area contributed by atoms with E-state index >= 15 is 0 Å². The summed E-state index contributed by atoms with van der Waals surface area (Å²) < 4.78 is 5.54. The van der Waals surface area contributed by atoms with Crippen LogP contribution < -0.4 is 21.5 Å². The summed E-state index contributed by atoms with van der Waals surface area (Å²) in [4.78, 5) is 63.1. The molecular weight excluding hydrogens is 510 g/mol. The Bertz CT molecular complexity index is 1170. The summed E-state index contributed by atoms with van der Waals surface area (Å²) >= 11 is 1.20. The van der Waals surface area contributed by atoms with Crippen LogP contribution in [-0.4, -0.2) is 88.6 Å². The molecule has 2 fully saturated rings. The summed E-state index contributed by atoms with van der Waals surface area (Å²) in [6.07, 6.45) is 3.33. The number of carbonyl (C=O) groups excluding carboxylic acids is 4. The van der Waals surface area contributed by atoms with Gasteiger partial charge < -0.3 is 31.3 Å². The molecule has 4 rings (SSSR count). The van der Waals surface area contributed by atoms with Crippen molar-refractivity contribution in [1.29, 1.82) is 0 Å². The number of hydrogen-bond donors (Lipinski definition) is 3. The van der Waals surface area contributed by atoms with Gasteiger partial charge in [0.05, 0.1) is 18.6 Å². The Balaban J connectivity index is 1.36. The number of ketones is 1. The lowest BCUT2D eigenvalue weighted by Crippen LogP contribution is -2.61. The molecule has 3 amide bonds. The number of guanidine groups is 1. The fourth-order valence-corrected chi connectivity index (χ4v) is 5.37. The predicted octanol–water partition coefficient (Wildman–Crippen LogP) is 0.145. The molecule has 12 nitrogen and oxygen atoms in total. The predicted molar refractivity (Wildman–Crippen MR) is 140 cm³/mol. The minimum absolute atomic E-state index is 0.0448. The van der Waals surface area contributed by atoms with Gasteiger partial charge in [-0.1, -0.05) is 18.2 Å². The summed E-state index contributed by atoms with van der Waals surface area (Å²) in [6, 6.07) is 7.17. The molecule has 2 saturated heterocycles. The quantitative estimate of drug-likeness (QED) is 0.156. The molecule has 38 heavy (non-hydrogen) atoms. The van der Waals surface area contributed by atoms with E-state index in [9.17, 15) is 19.2 Å². The Labute approximate surface area is 224 Å². The molecular formula is C25H31N7O5S. The molecule has 1 aromatic carbocycles. The van der Waals surface area contributed by atoms with Gasteiger partial charge in [0.2, 0.25) is 17.6 Å². The molecule has 2 aliphatic heterocycles. The number of fused-ring (bicyclic) bond motifs is 1. The van der Waals surface area contributed by atoms with Gasteiger partial charge in [-0.15, -0.1) is 11.3 Å². The summed E-state index contributed by atoms with van der Waals surface area (Å²) in [7, 11) is 0. The number of aliphatic imine (C=N–C) groups is 1. The van der Waals surface area contributed by atoms with Gasteiger partial charge in [-0.25, -0.2) is 4.98 Å². The van der Waals surface area contributed by atoms with Crippen LogP contribution in [0, 0.1) is 0 Å². The fourth-order valence-electron chi connectivity index (χ4n) is 4.74. The highest BCUT2D eigenvalue weighted by atomic mass is 32.1. The number of amides is 3. The number of piperazine rings is 1. The third-order valence-corrected chi connectivity index (χ3v) is 7.32. The molecule has 202 valence electrons. The van der Waals surface area contributed by atoms with Crippen molar-refractivity contribution < 1.29 is 23.9 Å². The van der Waals surface area contributed by atoms with Gasteiger partial charge in [0.25, 0.3) is 5.91 Å². The molecule has 5 N–H and O–H groups in total. The molecule has 0 saturated carbocycles. The molecule has 1 aromatic heterocycles. The Hall–Kier alpha value is -4.00. The number of nitrogens with zero attached hydrogens (tertiary/aromatic N) is 4. The van der Waals surface area contributed by atoms with E-state index in [1.54, 1.807) is 22.4 Å². The zero-order valence-corrected chi connectivity index (χ0v) is 21.6. The van der Waals surface area contributed by atoms with Crippen LogP contribution in [0.25, 0.3) is 0 Å². The topological polar surface area (TPSA) is 173 Å². The lowest BCUT2D eigenvalue weighted by atomic mass is 10.1. The van der Waals surface area contributed by atoms with Crippen molar-refractivity contribution in [3.05, 3.63) is 46.9 Å². The van der Waals surface area contributed by atoms with Gasteiger partial charge in [-0.3, -0.25) is 24.2 Å². The Morgan fingerprint density at radius 2 is 2.00 bits per heavy atom. The second kappa shape index (κ2) is 12.5. The maximum absolute atomic E-state index is 13.3. The van der Waals surface area contributed by atoms with Gasteiger partial charge in [0.15, 0.2) is 17.6 Å². The summed E-state index contributed by atoms with van der Waals surface area (Å²) in [5.74, 6) is -0.759. The first-order valence-corrected chi connectivity index (χ1v) is 13.3. The second-order valence-electron chi connectivity index (χ2n) is 9.14. The van der Waals surface area contributed by atoms with Crippen LogP contribution in [0.5, 0.6) is 5.75 Å². The Morgan fingerprint density at radius 1 is 1.21 bits per heavy atom. The number of nitrogens with two attached hydrogens (primary N) is 2. The van der Waals surface area contributed by atoms with E-state index in [1.807, 2.05) is 18.2 Å². The lowest BCUT2D eigenvalue weighted by molar-refractivity contribution is -0.151. The first kappa shape index (κ1) is 27.0. The smallest absolute Gasteiger partial charge is 0.261 e.